The minimum Gasteiger partial charge on any atom is -0.488 e. The van der Waals surface area contributed by atoms with Crippen LogP contribution in [0.5, 0.6) is 5.75 Å². The third-order valence-corrected chi connectivity index (χ3v) is 4.97. The average Bonchev–Trinajstić information content (AvgIpc) is 2.89. The molecule has 1 amide bonds. The number of halogens is 4. The zero-order chi connectivity index (χ0) is 23.5. The van der Waals surface area contributed by atoms with Crippen molar-refractivity contribution in [2.75, 3.05) is 29.6 Å². The minimum absolute atomic E-state index is 0.0157. The van der Waals surface area contributed by atoms with Crippen LogP contribution in [0.25, 0.3) is 0 Å². The lowest BCUT2D eigenvalue weighted by Gasteiger charge is -2.30. The molecule has 168 valence electrons. The Kier molecular flexibility index (Phi) is 6.90. The van der Waals surface area contributed by atoms with E-state index in [-0.39, 0.29) is 48.4 Å². The van der Waals surface area contributed by atoms with E-state index in [1.54, 1.807) is 0 Å². The van der Waals surface area contributed by atoms with Crippen LogP contribution < -0.4 is 14.5 Å². The second-order valence-electron chi connectivity index (χ2n) is 6.65. The molecule has 0 unspecified atom stereocenters. The topological polar surface area (TPSA) is 89.7 Å². The summed E-state index contributed by atoms with van der Waals surface area (Å²) in [5.41, 5.74) is -2.10. The Morgan fingerprint density at radius 2 is 2.03 bits per heavy atom. The third-order valence-electron chi connectivity index (χ3n) is 4.56. The number of carbonyl (C=O) groups is 1. The predicted molar refractivity (Wildman–Crippen MR) is 110 cm³/mol. The highest BCUT2D eigenvalue weighted by Gasteiger charge is 2.37. The van der Waals surface area contributed by atoms with E-state index >= 15 is 0 Å². The third kappa shape index (κ3) is 4.79. The van der Waals surface area contributed by atoms with E-state index in [0.29, 0.717) is 12.5 Å². The number of amides is 1. The molecule has 0 bridgehead atoms. The van der Waals surface area contributed by atoms with Gasteiger partial charge in [0.25, 0.3) is 0 Å². The molecule has 3 rings (SSSR count). The lowest BCUT2D eigenvalue weighted by atomic mass is 10.1. The first kappa shape index (κ1) is 23.4. The van der Waals surface area contributed by atoms with Crippen molar-refractivity contribution in [3.05, 3.63) is 47.5 Å². The number of nitriles is 1. The van der Waals surface area contributed by atoms with Crippen LogP contribution in [-0.2, 0) is 11.0 Å². The SMILES string of the molecule is N#Cc1ncc(N2C(=O)CCCN(c3ccc(OCCO)c(F)c3)C2=S)cc1C(F)(F)F. The minimum atomic E-state index is -4.86. The Morgan fingerprint density at radius 3 is 2.66 bits per heavy atom. The van der Waals surface area contributed by atoms with Gasteiger partial charge in [0.15, 0.2) is 22.4 Å². The van der Waals surface area contributed by atoms with E-state index in [1.807, 2.05) is 0 Å². The number of ether oxygens (including phenoxy) is 1. The molecule has 1 fully saturated rings. The number of aliphatic hydroxyl groups is 1. The van der Waals surface area contributed by atoms with Crippen molar-refractivity contribution in [3.8, 4) is 11.8 Å². The van der Waals surface area contributed by atoms with Crippen molar-refractivity contribution in [2.24, 2.45) is 0 Å². The van der Waals surface area contributed by atoms with Crippen LogP contribution >= 0.6 is 12.2 Å². The van der Waals surface area contributed by atoms with Gasteiger partial charge in [0.1, 0.15) is 12.7 Å². The zero-order valence-corrected chi connectivity index (χ0v) is 17.2. The van der Waals surface area contributed by atoms with Gasteiger partial charge in [-0.15, -0.1) is 0 Å². The number of rotatable bonds is 5. The number of hydrogen-bond acceptors (Lipinski definition) is 6. The van der Waals surface area contributed by atoms with E-state index in [0.717, 1.165) is 17.2 Å². The molecule has 0 spiro atoms. The smallest absolute Gasteiger partial charge is 0.419 e. The van der Waals surface area contributed by atoms with Gasteiger partial charge < -0.3 is 14.7 Å². The molecule has 2 heterocycles. The number of pyridine rings is 1. The molecule has 1 N–H and O–H groups in total. The van der Waals surface area contributed by atoms with Crippen molar-refractivity contribution in [3.63, 3.8) is 0 Å². The van der Waals surface area contributed by atoms with Crippen LogP contribution in [-0.4, -0.2) is 40.9 Å². The number of anilines is 2. The van der Waals surface area contributed by atoms with Gasteiger partial charge in [-0.3, -0.25) is 9.69 Å². The molecular weight excluding hydrogens is 452 g/mol. The van der Waals surface area contributed by atoms with E-state index in [9.17, 15) is 22.4 Å². The zero-order valence-electron chi connectivity index (χ0n) is 16.4. The monoisotopic (exact) mass is 468 g/mol. The molecule has 32 heavy (non-hydrogen) atoms. The number of thiocarbonyl (C=S) groups is 1. The Labute approximate surface area is 185 Å². The highest BCUT2D eigenvalue weighted by atomic mass is 32.1. The van der Waals surface area contributed by atoms with Gasteiger partial charge in [-0.1, -0.05) is 0 Å². The average molecular weight is 468 g/mol. The Morgan fingerprint density at radius 1 is 1.28 bits per heavy atom. The van der Waals surface area contributed by atoms with Gasteiger partial charge in [0.2, 0.25) is 5.91 Å². The van der Waals surface area contributed by atoms with Crippen molar-refractivity contribution >= 4 is 34.6 Å². The van der Waals surface area contributed by atoms with Crippen molar-refractivity contribution in [1.29, 1.82) is 5.26 Å². The van der Waals surface area contributed by atoms with Gasteiger partial charge in [-0.05, 0) is 36.8 Å². The Balaban J connectivity index is 2.00. The molecule has 12 heteroatoms. The number of aliphatic hydroxyl groups excluding tert-OH is 1. The van der Waals surface area contributed by atoms with Gasteiger partial charge in [0, 0.05) is 24.7 Å². The maximum atomic E-state index is 14.4. The van der Waals surface area contributed by atoms with Crippen molar-refractivity contribution in [1.82, 2.24) is 4.98 Å². The molecule has 2 aromatic rings. The van der Waals surface area contributed by atoms with Crippen LogP contribution in [0.15, 0.2) is 30.5 Å². The van der Waals surface area contributed by atoms with Crippen LogP contribution in [0.1, 0.15) is 24.1 Å². The lowest BCUT2D eigenvalue weighted by Crippen LogP contribution is -2.44. The number of nitrogens with zero attached hydrogens (tertiary/aromatic N) is 4. The first-order chi connectivity index (χ1) is 15.2. The van der Waals surface area contributed by atoms with Gasteiger partial charge in [-0.25, -0.2) is 9.37 Å². The maximum absolute atomic E-state index is 14.4. The summed E-state index contributed by atoms with van der Waals surface area (Å²) in [7, 11) is 0. The standard InChI is InChI=1S/C20H16F4N4O3S/c21-15-9-12(3-4-17(15)31-7-6-29)27-5-1-2-18(30)28(19(27)32)13-8-14(20(22,23)24)16(10-25)26-11-13/h3-4,8-9,11,29H,1-2,5-7H2. The van der Waals surface area contributed by atoms with Gasteiger partial charge >= 0.3 is 6.18 Å². The fraction of sp³-hybridized carbons (Fsp3) is 0.300. The molecule has 1 aromatic heterocycles. The number of carbonyl (C=O) groups excluding carboxylic acids is 1. The van der Waals surface area contributed by atoms with Gasteiger partial charge in [-0.2, -0.15) is 18.4 Å². The van der Waals surface area contributed by atoms with E-state index in [2.05, 4.69) is 4.98 Å². The highest BCUT2D eigenvalue weighted by molar-refractivity contribution is 7.81. The fourth-order valence-electron chi connectivity index (χ4n) is 3.13. The van der Waals surface area contributed by atoms with Crippen LogP contribution in [0.4, 0.5) is 28.9 Å². The molecule has 0 aliphatic carbocycles. The first-order valence-corrected chi connectivity index (χ1v) is 9.73. The summed E-state index contributed by atoms with van der Waals surface area (Å²) in [6.45, 7) is -0.186. The van der Waals surface area contributed by atoms with Crippen LogP contribution in [0.3, 0.4) is 0 Å². The Hall–Kier alpha value is -3.30. The normalized spacial score (nSPS) is 14.9. The van der Waals surface area contributed by atoms with Crippen molar-refractivity contribution < 1.29 is 32.2 Å². The number of aromatic nitrogens is 1. The maximum Gasteiger partial charge on any atom is 0.419 e. The predicted octanol–water partition coefficient (Wildman–Crippen LogP) is 3.40. The molecule has 1 saturated heterocycles. The van der Waals surface area contributed by atoms with Crippen LogP contribution in [0.2, 0.25) is 0 Å². The highest BCUT2D eigenvalue weighted by Crippen LogP contribution is 2.35. The number of alkyl halides is 3. The largest absolute Gasteiger partial charge is 0.488 e. The number of benzene rings is 1. The second kappa shape index (κ2) is 9.46. The van der Waals surface area contributed by atoms with Crippen LogP contribution in [0, 0.1) is 17.1 Å². The van der Waals surface area contributed by atoms with E-state index in [1.165, 1.54) is 23.1 Å². The summed E-state index contributed by atoms with van der Waals surface area (Å²) in [6, 6.07) is 5.95. The molecule has 1 aliphatic rings. The van der Waals surface area contributed by atoms with Gasteiger partial charge in [0.05, 0.1) is 24.1 Å². The molecule has 0 radical (unpaired) electrons. The van der Waals surface area contributed by atoms with E-state index < -0.39 is 29.2 Å². The molecule has 0 saturated carbocycles. The summed E-state index contributed by atoms with van der Waals surface area (Å²) in [5, 5.41) is 17.6. The first-order valence-electron chi connectivity index (χ1n) is 9.32. The molecule has 7 nitrogen and oxygen atoms in total. The molecule has 1 aliphatic heterocycles. The molecule has 1 aromatic carbocycles. The summed E-state index contributed by atoms with van der Waals surface area (Å²) in [6.07, 6.45) is -3.60. The molecular formula is C20H16F4N4O3S. The fourth-order valence-corrected chi connectivity index (χ4v) is 3.53. The summed E-state index contributed by atoms with van der Waals surface area (Å²) >= 11 is 5.39. The van der Waals surface area contributed by atoms with E-state index in [4.69, 9.17) is 27.3 Å². The summed E-state index contributed by atoms with van der Waals surface area (Å²) < 4.78 is 59.6. The number of hydrogen-bond donors (Lipinski definition) is 1. The second-order valence-corrected chi connectivity index (χ2v) is 7.02. The Bertz CT molecular complexity index is 1090. The lowest BCUT2D eigenvalue weighted by molar-refractivity contribution is -0.138. The molecule has 0 atom stereocenters. The van der Waals surface area contributed by atoms with Crippen molar-refractivity contribution in [2.45, 2.75) is 19.0 Å². The summed E-state index contributed by atoms with van der Waals surface area (Å²) in [4.78, 5) is 18.5. The summed E-state index contributed by atoms with van der Waals surface area (Å²) in [5.74, 6) is -1.39. The quantitative estimate of drug-likeness (QED) is 0.531.